The maximum Gasteiger partial charge on any atom is 0.337 e. The first-order valence-electron chi connectivity index (χ1n) is 9.14. The van der Waals surface area contributed by atoms with Gasteiger partial charge >= 0.3 is 5.97 Å². The molecule has 0 saturated carbocycles. The molecule has 3 rings (SSSR count). The zero-order chi connectivity index (χ0) is 19.9. The van der Waals surface area contributed by atoms with Crippen LogP contribution in [0.25, 0.3) is 10.9 Å². The zero-order valence-corrected chi connectivity index (χ0v) is 16.0. The standard InChI is InChI=1S/C22H24N4O2/c1-16(18(22(27)28)12-14-23-2)24-21-19-10-6-7-11-20(19)26(25-21)15-13-17-8-4-3-5-9-17/h3-12,14,23H,13,15H2,1-2H3,(H,24,25)(H,27,28)/b14-12-,18-16-. The van der Waals surface area contributed by atoms with Crippen molar-refractivity contribution in [3.63, 3.8) is 0 Å². The molecule has 2 aromatic carbocycles. The number of anilines is 1. The number of allylic oxidation sites excluding steroid dienone is 1. The summed E-state index contributed by atoms with van der Waals surface area (Å²) in [5.74, 6) is -0.345. The molecule has 0 saturated heterocycles. The molecule has 0 bridgehead atoms. The first-order chi connectivity index (χ1) is 13.6. The molecule has 6 heteroatoms. The van der Waals surface area contributed by atoms with Gasteiger partial charge in [0.15, 0.2) is 5.82 Å². The molecule has 0 atom stereocenters. The summed E-state index contributed by atoms with van der Waals surface area (Å²) in [5, 5.41) is 21.1. The minimum atomic E-state index is -0.996. The van der Waals surface area contributed by atoms with Crippen LogP contribution in [0.1, 0.15) is 12.5 Å². The van der Waals surface area contributed by atoms with Crippen LogP contribution in [0.15, 0.2) is 78.1 Å². The Morgan fingerprint density at radius 1 is 1.14 bits per heavy atom. The molecule has 1 heterocycles. The van der Waals surface area contributed by atoms with E-state index in [2.05, 4.69) is 22.8 Å². The number of hydrogen-bond acceptors (Lipinski definition) is 4. The summed E-state index contributed by atoms with van der Waals surface area (Å²) in [5.41, 5.74) is 2.96. The lowest BCUT2D eigenvalue weighted by atomic mass is 10.1. The van der Waals surface area contributed by atoms with Crippen LogP contribution in [0.3, 0.4) is 0 Å². The molecule has 144 valence electrons. The van der Waals surface area contributed by atoms with Crippen molar-refractivity contribution in [3.05, 3.63) is 83.7 Å². The van der Waals surface area contributed by atoms with Gasteiger partial charge in [-0.25, -0.2) is 4.79 Å². The molecule has 28 heavy (non-hydrogen) atoms. The molecule has 0 aliphatic heterocycles. The largest absolute Gasteiger partial charge is 0.478 e. The number of carboxylic acid groups (broad SMARTS) is 1. The van der Waals surface area contributed by atoms with E-state index in [4.69, 9.17) is 5.10 Å². The Kier molecular flexibility index (Phi) is 6.11. The van der Waals surface area contributed by atoms with Gasteiger partial charge in [0, 0.05) is 24.7 Å². The van der Waals surface area contributed by atoms with Gasteiger partial charge in [-0.15, -0.1) is 0 Å². The molecule has 0 amide bonds. The van der Waals surface area contributed by atoms with Crippen LogP contribution >= 0.6 is 0 Å². The number of benzene rings is 2. The molecule has 1 aromatic heterocycles. The van der Waals surface area contributed by atoms with Gasteiger partial charge in [0.25, 0.3) is 0 Å². The second-order valence-corrected chi connectivity index (χ2v) is 6.42. The smallest absolute Gasteiger partial charge is 0.337 e. The van der Waals surface area contributed by atoms with Crippen LogP contribution in [0, 0.1) is 0 Å². The topological polar surface area (TPSA) is 79.2 Å². The summed E-state index contributed by atoms with van der Waals surface area (Å²) >= 11 is 0. The van der Waals surface area contributed by atoms with Gasteiger partial charge in [0.2, 0.25) is 0 Å². The molecule has 3 N–H and O–H groups in total. The quantitative estimate of drug-likeness (QED) is 0.412. The number of aliphatic carboxylic acids is 1. The van der Waals surface area contributed by atoms with E-state index >= 15 is 0 Å². The second-order valence-electron chi connectivity index (χ2n) is 6.42. The van der Waals surface area contributed by atoms with Gasteiger partial charge < -0.3 is 15.7 Å². The number of nitrogens with one attached hydrogen (secondary N) is 2. The Morgan fingerprint density at radius 2 is 1.86 bits per heavy atom. The highest BCUT2D eigenvalue weighted by atomic mass is 16.4. The summed E-state index contributed by atoms with van der Waals surface area (Å²) in [7, 11) is 1.72. The molecule has 0 aliphatic carbocycles. The SMILES string of the molecule is CN/C=C\C(C(=O)O)=C(/C)Nc1nn(CCc2ccccc2)c2ccccc12. The van der Waals surface area contributed by atoms with E-state index in [1.807, 2.05) is 47.1 Å². The number of carboxylic acids is 1. The number of nitrogens with zero attached hydrogens (tertiary/aromatic N) is 2. The fraction of sp³-hybridized carbons (Fsp3) is 0.182. The van der Waals surface area contributed by atoms with Crippen molar-refractivity contribution in [2.24, 2.45) is 0 Å². The average molecular weight is 376 g/mol. The lowest BCUT2D eigenvalue weighted by Crippen LogP contribution is -2.09. The van der Waals surface area contributed by atoms with Gasteiger partial charge in [-0.1, -0.05) is 42.5 Å². The first kappa shape index (κ1) is 19.2. The number of hydrogen-bond donors (Lipinski definition) is 3. The van der Waals surface area contributed by atoms with E-state index < -0.39 is 5.97 Å². The van der Waals surface area contributed by atoms with Crippen LogP contribution in [-0.2, 0) is 17.8 Å². The number of carbonyl (C=O) groups is 1. The van der Waals surface area contributed by atoms with Crippen molar-refractivity contribution < 1.29 is 9.90 Å². The predicted octanol–water partition coefficient (Wildman–Crippen LogP) is 3.78. The molecule has 0 unspecified atom stereocenters. The Balaban J connectivity index is 1.91. The minimum absolute atomic E-state index is 0.178. The Bertz CT molecular complexity index is 1020. The molecule has 6 nitrogen and oxygen atoms in total. The Morgan fingerprint density at radius 3 is 2.57 bits per heavy atom. The predicted molar refractivity (Wildman–Crippen MR) is 112 cm³/mol. The van der Waals surface area contributed by atoms with Crippen molar-refractivity contribution in [2.75, 3.05) is 12.4 Å². The molecule has 3 aromatic rings. The average Bonchev–Trinajstić information content (AvgIpc) is 3.05. The maximum atomic E-state index is 11.6. The van der Waals surface area contributed by atoms with Crippen molar-refractivity contribution >= 4 is 22.7 Å². The van der Waals surface area contributed by atoms with Gasteiger partial charge in [-0.3, -0.25) is 4.68 Å². The molecule has 0 fully saturated rings. The summed E-state index contributed by atoms with van der Waals surface area (Å²) in [6.45, 7) is 2.47. The molecular formula is C22H24N4O2. The Labute approximate surface area is 164 Å². The third-order valence-corrected chi connectivity index (χ3v) is 4.47. The fourth-order valence-corrected chi connectivity index (χ4v) is 3.04. The normalized spacial score (nSPS) is 12.2. The lowest BCUT2D eigenvalue weighted by molar-refractivity contribution is -0.132. The minimum Gasteiger partial charge on any atom is -0.478 e. The highest BCUT2D eigenvalue weighted by molar-refractivity contribution is 5.94. The summed E-state index contributed by atoms with van der Waals surface area (Å²) < 4.78 is 1.96. The van der Waals surface area contributed by atoms with Crippen molar-refractivity contribution in [1.82, 2.24) is 15.1 Å². The monoisotopic (exact) mass is 376 g/mol. The summed E-state index contributed by atoms with van der Waals surface area (Å²) in [4.78, 5) is 11.6. The molecule has 0 radical (unpaired) electrons. The first-order valence-corrected chi connectivity index (χ1v) is 9.14. The number of fused-ring (bicyclic) bond motifs is 1. The van der Waals surface area contributed by atoms with Crippen LogP contribution in [0.2, 0.25) is 0 Å². The van der Waals surface area contributed by atoms with Crippen LogP contribution in [0.4, 0.5) is 5.82 Å². The van der Waals surface area contributed by atoms with Crippen molar-refractivity contribution in [3.8, 4) is 0 Å². The second kappa shape index (κ2) is 8.90. The summed E-state index contributed by atoms with van der Waals surface area (Å²) in [6, 6.07) is 18.2. The number of aryl methyl sites for hydroxylation is 2. The van der Waals surface area contributed by atoms with Gasteiger partial charge in [-0.2, -0.15) is 5.10 Å². The van der Waals surface area contributed by atoms with Crippen LogP contribution < -0.4 is 10.6 Å². The maximum absolute atomic E-state index is 11.6. The molecule has 0 aliphatic rings. The highest BCUT2D eigenvalue weighted by Gasteiger charge is 2.13. The lowest BCUT2D eigenvalue weighted by Gasteiger charge is -2.07. The molecular weight excluding hydrogens is 352 g/mol. The van der Waals surface area contributed by atoms with E-state index in [0.29, 0.717) is 11.5 Å². The van der Waals surface area contributed by atoms with Gasteiger partial charge in [0.1, 0.15) is 0 Å². The van der Waals surface area contributed by atoms with Crippen molar-refractivity contribution in [2.45, 2.75) is 19.9 Å². The van der Waals surface area contributed by atoms with E-state index in [-0.39, 0.29) is 5.57 Å². The summed E-state index contributed by atoms with van der Waals surface area (Å²) in [6.07, 6.45) is 3.98. The molecule has 0 spiro atoms. The fourth-order valence-electron chi connectivity index (χ4n) is 3.04. The van der Waals surface area contributed by atoms with Crippen molar-refractivity contribution in [1.29, 1.82) is 0 Å². The number of para-hydroxylation sites is 1. The van der Waals surface area contributed by atoms with E-state index in [1.54, 1.807) is 20.2 Å². The number of aromatic nitrogens is 2. The van der Waals surface area contributed by atoms with Crippen LogP contribution in [0.5, 0.6) is 0 Å². The van der Waals surface area contributed by atoms with Gasteiger partial charge in [0.05, 0.1) is 11.1 Å². The zero-order valence-electron chi connectivity index (χ0n) is 16.0. The Hall–Kier alpha value is -3.54. The van der Waals surface area contributed by atoms with E-state index in [9.17, 15) is 9.90 Å². The third-order valence-electron chi connectivity index (χ3n) is 4.47. The van der Waals surface area contributed by atoms with Gasteiger partial charge in [-0.05, 0) is 43.3 Å². The number of rotatable bonds is 8. The van der Waals surface area contributed by atoms with Crippen LogP contribution in [-0.4, -0.2) is 27.9 Å². The van der Waals surface area contributed by atoms with E-state index in [1.165, 1.54) is 11.6 Å². The third kappa shape index (κ3) is 4.40. The highest BCUT2D eigenvalue weighted by Crippen LogP contribution is 2.25. The van der Waals surface area contributed by atoms with E-state index in [0.717, 1.165) is 23.9 Å².